The second kappa shape index (κ2) is 9.30. The van der Waals surface area contributed by atoms with Gasteiger partial charge in [-0.25, -0.2) is 0 Å². The molecule has 2 nitrogen and oxygen atoms in total. The van der Waals surface area contributed by atoms with E-state index in [0.717, 1.165) is 22.4 Å². The first-order valence-electron chi connectivity index (χ1n) is 8.78. The van der Waals surface area contributed by atoms with Gasteiger partial charge >= 0.3 is 0 Å². The topological polar surface area (TPSA) is 29.1 Å². The van der Waals surface area contributed by atoms with E-state index in [9.17, 15) is 4.57 Å². The van der Waals surface area contributed by atoms with Gasteiger partial charge in [-0.1, -0.05) is 102 Å². The van der Waals surface area contributed by atoms with Crippen molar-refractivity contribution in [3.05, 3.63) is 113 Å². The molecule has 0 spiro atoms. The minimum Gasteiger partial charge on any atom is -0.330 e. The molecule has 0 radical (unpaired) electrons. The lowest BCUT2D eigenvalue weighted by Gasteiger charge is -2.17. The summed E-state index contributed by atoms with van der Waals surface area (Å²) in [5.74, 6) is 3.11. The third kappa shape index (κ3) is 5.39. The minimum absolute atomic E-state index is 0.402. The Balaban J connectivity index is 2.05. The Morgan fingerprint density at radius 2 is 1.18 bits per heavy atom. The van der Waals surface area contributed by atoms with Gasteiger partial charge in [0.25, 0.3) is 0 Å². The predicted octanol–water partition coefficient (Wildman–Crippen LogP) is 8.16. The smallest absolute Gasteiger partial charge is 0.216 e. The minimum atomic E-state index is -3.25. The molecule has 0 bridgehead atoms. The first-order chi connectivity index (χ1) is 13.5. The standard InChI is InChI=1S/C23H20Cl2NOP/c1-18-10-8-9-15-23(18)26-28(27,16-21(24)19-11-4-2-5-12-19)17-22(25)20-13-6-3-7-14-20/h2-17H,1H3,(H,26,27)/b21-16-,22-17-. The Morgan fingerprint density at radius 3 is 1.64 bits per heavy atom. The fraction of sp³-hybridized carbons (Fsp3) is 0.0435. The molecule has 0 amide bonds. The van der Waals surface area contributed by atoms with E-state index in [-0.39, 0.29) is 0 Å². The molecule has 3 rings (SSSR count). The Labute approximate surface area is 175 Å². The van der Waals surface area contributed by atoms with E-state index >= 15 is 0 Å². The Bertz CT molecular complexity index is 987. The van der Waals surface area contributed by atoms with Gasteiger partial charge in [-0.3, -0.25) is 4.57 Å². The van der Waals surface area contributed by atoms with Gasteiger partial charge in [0.05, 0.1) is 10.1 Å². The summed E-state index contributed by atoms with van der Waals surface area (Å²) in [6, 6.07) is 26.5. The molecule has 0 atom stereocenters. The van der Waals surface area contributed by atoms with Crippen molar-refractivity contribution < 1.29 is 4.57 Å². The van der Waals surface area contributed by atoms with Gasteiger partial charge in [-0.05, 0) is 29.7 Å². The molecule has 0 aliphatic carbocycles. The molecule has 0 fully saturated rings. The normalized spacial score (nSPS) is 12.7. The highest BCUT2D eigenvalue weighted by molar-refractivity contribution is 7.72. The molecule has 0 saturated heterocycles. The molecule has 0 unspecified atom stereocenters. The van der Waals surface area contributed by atoms with Gasteiger partial charge in [-0.2, -0.15) is 0 Å². The monoisotopic (exact) mass is 427 g/mol. The Kier molecular flexibility index (Phi) is 6.80. The first kappa shape index (κ1) is 20.5. The van der Waals surface area contributed by atoms with E-state index in [1.54, 1.807) is 11.6 Å². The zero-order valence-corrected chi connectivity index (χ0v) is 17.8. The van der Waals surface area contributed by atoms with Crippen molar-refractivity contribution in [1.29, 1.82) is 0 Å². The van der Waals surface area contributed by atoms with Gasteiger partial charge in [0.2, 0.25) is 7.29 Å². The van der Waals surface area contributed by atoms with Crippen molar-refractivity contribution in [3.8, 4) is 0 Å². The number of halogens is 2. The largest absolute Gasteiger partial charge is 0.330 e. The highest BCUT2D eigenvalue weighted by Gasteiger charge is 2.20. The average molecular weight is 428 g/mol. The average Bonchev–Trinajstić information content (AvgIpc) is 2.71. The fourth-order valence-corrected chi connectivity index (χ4v) is 5.59. The number of hydrogen-bond donors (Lipinski definition) is 1. The van der Waals surface area contributed by atoms with E-state index in [0.29, 0.717) is 10.1 Å². The van der Waals surface area contributed by atoms with E-state index < -0.39 is 7.29 Å². The number of hydrogen-bond acceptors (Lipinski definition) is 1. The van der Waals surface area contributed by atoms with Gasteiger partial charge in [0, 0.05) is 17.3 Å². The maximum Gasteiger partial charge on any atom is 0.216 e. The van der Waals surface area contributed by atoms with Crippen molar-refractivity contribution >= 4 is 46.2 Å². The van der Waals surface area contributed by atoms with E-state index in [4.69, 9.17) is 23.2 Å². The van der Waals surface area contributed by atoms with Crippen LogP contribution in [-0.4, -0.2) is 0 Å². The molecule has 142 valence electrons. The summed E-state index contributed by atoms with van der Waals surface area (Å²) in [5, 5.41) is 3.96. The van der Waals surface area contributed by atoms with Gasteiger partial charge in [0.15, 0.2) is 0 Å². The first-order valence-corrected chi connectivity index (χ1v) is 11.4. The third-order valence-electron chi connectivity index (χ3n) is 4.15. The summed E-state index contributed by atoms with van der Waals surface area (Å²) in [4.78, 5) is 0. The lowest BCUT2D eigenvalue weighted by Crippen LogP contribution is -1.96. The van der Waals surface area contributed by atoms with Crippen molar-refractivity contribution in [1.82, 2.24) is 0 Å². The molecule has 3 aromatic carbocycles. The van der Waals surface area contributed by atoms with Gasteiger partial charge in [0.1, 0.15) is 0 Å². The van der Waals surface area contributed by atoms with Crippen LogP contribution in [0.2, 0.25) is 0 Å². The van der Waals surface area contributed by atoms with Crippen LogP contribution in [0, 0.1) is 6.92 Å². The lowest BCUT2D eigenvalue weighted by molar-refractivity contribution is 0.589. The zero-order valence-electron chi connectivity index (χ0n) is 15.3. The number of aryl methyl sites for hydroxylation is 1. The number of nitrogens with one attached hydrogen (secondary N) is 1. The highest BCUT2D eigenvalue weighted by atomic mass is 35.5. The fourth-order valence-electron chi connectivity index (χ4n) is 2.67. The molecular formula is C23H20Cl2NOP. The molecule has 28 heavy (non-hydrogen) atoms. The summed E-state index contributed by atoms with van der Waals surface area (Å²) >= 11 is 13.0. The third-order valence-corrected chi connectivity index (χ3v) is 6.98. The second-order valence-electron chi connectivity index (χ2n) is 6.32. The molecule has 3 aromatic rings. The summed E-state index contributed by atoms with van der Waals surface area (Å²) in [5.41, 5.74) is 3.34. The SMILES string of the molecule is Cc1ccccc1NP(=O)(/C=C(\Cl)c1ccccc1)/C=C(\Cl)c1ccccc1. The molecule has 0 aromatic heterocycles. The molecule has 0 heterocycles. The Morgan fingerprint density at radius 1 is 0.750 bits per heavy atom. The van der Waals surface area contributed by atoms with Crippen LogP contribution in [0.25, 0.3) is 10.1 Å². The van der Waals surface area contributed by atoms with E-state index in [1.165, 1.54) is 0 Å². The molecule has 0 aliphatic rings. The van der Waals surface area contributed by atoms with E-state index in [2.05, 4.69) is 5.09 Å². The maximum atomic E-state index is 13.9. The maximum absolute atomic E-state index is 13.9. The summed E-state index contributed by atoms with van der Waals surface area (Å²) in [7, 11) is -3.25. The van der Waals surface area contributed by atoms with Crippen LogP contribution in [0.3, 0.4) is 0 Å². The summed E-state index contributed by atoms with van der Waals surface area (Å²) < 4.78 is 13.9. The number of anilines is 1. The van der Waals surface area contributed by atoms with E-state index in [1.807, 2.05) is 91.9 Å². The van der Waals surface area contributed by atoms with Crippen LogP contribution in [0.4, 0.5) is 5.69 Å². The van der Waals surface area contributed by atoms with Crippen LogP contribution >= 0.6 is 30.5 Å². The number of rotatable bonds is 6. The molecule has 0 aliphatic heterocycles. The molecular weight excluding hydrogens is 408 g/mol. The molecule has 5 heteroatoms. The summed E-state index contributed by atoms with van der Waals surface area (Å²) in [6.45, 7) is 1.96. The van der Waals surface area contributed by atoms with Crippen molar-refractivity contribution in [2.45, 2.75) is 6.92 Å². The number of benzene rings is 3. The molecule has 1 N–H and O–H groups in total. The van der Waals surface area contributed by atoms with Crippen LogP contribution in [-0.2, 0) is 4.57 Å². The van der Waals surface area contributed by atoms with Crippen LogP contribution in [0.5, 0.6) is 0 Å². The quantitative estimate of drug-likeness (QED) is 0.401. The number of para-hydroxylation sites is 1. The lowest BCUT2D eigenvalue weighted by atomic mass is 10.2. The van der Waals surface area contributed by atoms with Crippen LogP contribution in [0.1, 0.15) is 16.7 Å². The van der Waals surface area contributed by atoms with Crippen molar-refractivity contribution in [2.75, 3.05) is 5.09 Å². The van der Waals surface area contributed by atoms with Gasteiger partial charge in [-0.15, -0.1) is 0 Å². The molecule has 0 saturated carbocycles. The Hall–Kier alpha value is -2.25. The van der Waals surface area contributed by atoms with Gasteiger partial charge < -0.3 is 5.09 Å². The van der Waals surface area contributed by atoms with Crippen molar-refractivity contribution in [2.24, 2.45) is 0 Å². The van der Waals surface area contributed by atoms with Crippen molar-refractivity contribution in [3.63, 3.8) is 0 Å². The van der Waals surface area contributed by atoms with Crippen LogP contribution < -0.4 is 5.09 Å². The predicted molar refractivity (Wildman–Crippen MR) is 123 cm³/mol. The summed E-state index contributed by atoms with van der Waals surface area (Å²) in [6.07, 6.45) is 0. The highest BCUT2D eigenvalue weighted by Crippen LogP contribution is 2.53. The van der Waals surface area contributed by atoms with Crippen LogP contribution in [0.15, 0.2) is 96.6 Å². The zero-order chi connectivity index (χ0) is 20.0. The second-order valence-corrected chi connectivity index (χ2v) is 9.30.